The molecule has 0 unspecified atom stereocenters. The molecule has 2 N–H and O–H groups in total. The third-order valence-electron chi connectivity index (χ3n) is 7.54. The summed E-state index contributed by atoms with van der Waals surface area (Å²) in [6.07, 6.45) is -2.04. The van der Waals surface area contributed by atoms with Crippen LogP contribution in [0.3, 0.4) is 0 Å². The van der Waals surface area contributed by atoms with E-state index in [9.17, 15) is 29.1 Å². The summed E-state index contributed by atoms with van der Waals surface area (Å²) in [7, 11) is 4.74. The number of carbonyl (C=O) groups is 5. The zero-order chi connectivity index (χ0) is 33.5. The number of amides is 3. The van der Waals surface area contributed by atoms with Crippen molar-refractivity contribution >= 4 is 36.6 Å². The molecule has 12 nitrogen and oxygen atoms in total. The van der Waals surface area contributed by atoms with Gasteiger partial charge in [0.15, 0.2) is 11.4 Å². The summed E-state index contributed by atoms with van der Waals surface area (Å²) >= 11 is 0. The highest BCUT2D eigenvalue weighted by molar-refractivity contribution is 6.50. The van der Waals surface area contributed by atoms with Gasteiger partial charge in [-0.15, -0.1) is 0 Å². The van der Waals surface area contributed by atoms with Gasteiger partial charge in [-0.05, 0) is 31.4 Å². The van der Waals surface area contributed by atoms with Crippen LogP contribution in [0.25, 0.3) is 11.3 Å². The van der Waals surface area contributed by atoms with Crippen molar-refractivity contribution < 1.29 is 38.4 Å². The van der Waals surface area contributed by atoms with E-state index in [1.165, 1.54) is 51.0 Å². The molecule has 0 saturated carbocycles. The maximum Gasteiger partial charge on any atom is 0.531 e. The summed E-state index contributed by atoms with van der Waals surface area (Å²) in [6.45, 7) is 5.21. The highest BCUT2D eigenvalue weighted by atomic mass is 16.6. The standard InChI is InChI=1S/C32H43BN4O8/c1-20(2)16-23(33-44-28(41)19-32(45-33,31(43)37(6)7)18-27(40)36(4)5)17-26(39)29(21(3)38)35-30(42)25-15-11-14-24(34-25)22-12-9-8-10-13-22/h8-15,20-21,23,29,38H,16-19H2,1-7H3,(H,35,42)/t21-,23-,29+,32+/m1/s1. The molecule has 13 heteroatoms. The molecule has 1 saturated heterocycles. The van der Waals surface area contributed by atoms with E-state index >= 15 is 0 Å². The van der Waals surface area contributed by atoms with Crippen LogP contribution >= 0.6 is 0 Å². The lowest BCUT2D eigenvalue weighted by molar-refractivity contribution is -0.167. The number of Topliss-reactive ketones (excluding diaryl/α,β-unsaturated/α-hetero) is 1. The minimum atomic E-state index is -1.82. The van der Waals surface area contributed by atoms with Crippen LogP contribution in [0.4, 0.5) is 0 Å². The number of ketones is 1. The van der Waals surface area contributed by atoms with E-state index in [4.69, 9.17) is 9.31 Å². The van der Waals surface area contributed by atoms with Crippen molar-refractivity contribution in [3.63, 3.8) is 0 Å². The number of aliphatic hydroxyl groups excluding tert-OH is 1. The number of nitrogens with zero attached hydrogens (tertiary/aromatic N) is 3. The molecule has 0 aliphatic carbocycles. The first kappa shape index (κ1) is 35.4. The van der Waals surface area contributed by atoms with E-state index in [-0.39, 0.29) is 18.0 Å². The number of likely N-dealkylation sites (N-methyl/N-ethyl adjacent to an activating group) is 1. The quantitative estimate of drug-likeness (QED) is 0.320. The van der Waals surface area contributed by atoms with Crippen LogP contribution < -0.4 is 5.32 Å². The summed E-state index contributed by atoms with van der Waals surface area (Å²) in [5.41, 5.74) is -0.378. The summed E-state index contributed by atoms with van der Waals surface area (Å²) in [4.78, 5) is 73.0. The van der Waals surface area contributed by atoms with Gasteiger partial charge in [-0.2, -0.15) is 0 Å². The molecule has 242 valence electrons. The van der Waals surface area contributed by atoms with Crippen molar-refractivity contribution in [3.05, 3.63) is 54.2 Å². The fourth-order valence-corrected chi connectivity index (χ4v) is 5.30. The Morgan fingerprint density at radius 1 is 1.00 bits per heavy atom. The van der Waals surface area contributed by atoms with E-state index in [0.717, 1.165) is 5.56 Å². The molecular weight excluding hydrogens is 579 g/mol. The van der Waals surface area contributed by atoms with Crippen LogP contribution in [0, 0.1) is 5.92 Å². The minimum Gasteiger partial charge on any atom is -0.509 e. The molecule has 1 aromatic carbocycles. The number of benzene rings is 1. The Hall–Kier alpha value is -4.10. The van der Waals surface area contributed by atoms with Gasteiger partial charge in [0.25, 0.3) is 17.8 Å². The van der Waals surface area contributed by atoms with Gasteiger partial charge in [0, 0.05) is 46.0 Å². The minimum absolute atomic E-state index is 0.0129. The molecule has 1 aromatic heterocycles. The van der Waals surface area contributed by atoms with Crippen LogP contribution in [0.15, 0.2) is 48.5 Å². The summed E-state index contributed by atoms with van der Waals surface area (Å²) in [5.74, 6) is -3.64. The van der Waals surface area contributed by atoms with Crippen LogP contribution in [-0.4, -0.2) is 102 Å². The topological polar surface area (TPSA) is 155 Å². The third kappa shape index (κ3) is 9.21. The number of nitrogens with one attached hydrogen (secondary N) is 1. The third-order valence-corrected chi connectivity index (χ3v) is 7.54. The van der Waals surface area contributed by atoms with Crippen molar-refractivity contribution in [2.75, 3.05) is 28.2 Å². The number of aromatic nitrogens is 1. The molecule has 2 aromatic rings. The van der Waals surface area contributed by atoms with Crippen molar-refractivity contribution in [3.8, 4) is 11.3 Å². The van der Waals surface area contributed by atoms with E-state index in [2.05, 4.69) is 10.3 Å². The van der Waals surface area contributed by atoms with Crippen molar-refractivity contribution in [2.45, 2.75) is 70.0 Å². The Bertz CT molecular complexity index is 1380. The molecule has 0 spiro atoms. The Morgan fingerprint density at radius 2 is 1.67 bits per heavy atom. The molecule has 0 bridgehead atoms. The van der Waals surface area contributed by atoms with Crippen molar-refractivity contribution in [2.24, 2.45) is 5.92 Å². The number of pyridine rings is 1. The molecule has 4 atom stereocenters. The van der Waals surface area contributed by atoms with E-state index in [0.29, 0.717) is 12.1 Å². The lowest BCUT2D eigenvalue weighted by Gasteiger charge is -2.41. The molecule has 2 heterocycles. The highest BCUT2D eigenvalue weighted by Gasteiger charge is 2.55. The number of carbonyl (C=O) groups excluding carboxylic acids is 5. The second-order valence-corrected chi connectivity index (χ2v) is 12.3. The summed E-state index contributed by atoms with van der Waals surface area (Å²) < 4.78 is 11.8. The van der Waals surface area contributed by atoms with Crippen LogP contribution in [0.5, 0.6) is 0 Å². The van der Waals surface area contributed by atoms with Gasteiger partial charge in [-0.25, -0.2) is 4.98 Å². The largest absolute Gasteiger partial charge is 0.531 e. The zero-order valence-corrected chi connectivity index (χ0v) is 27.0. The Kier molecular flexibility index (Phi) is 12.0. The molecule has 3 rings (SSSR count). The number of hydrogen-bond donors (Lipinski definition) is 2. The Morgan fingerprint density at radius 3 is 2.24 bits per heavy atom. The second kappa shape index (κ2) is 15.3. The van der Waals surface area contributed by atoms with Gasteiger partial charge in [-0.1, -0.05) is 50.2 Å². The lowest BCUT2D eigenvalue weighted by atomic mass is 9.63. The normalized spacial score (nSPS) is 18.4. The lowest BCUT2D eigenvalue weighted by Crippen LogP contribution is -2.59. The van der Waals surface area contributed by atoms with Crippen molar-refractivity contribution in [1.29, 1.82) is 0 Å². The first-order chi connectivity index (χ1) is 21.1. The predicted molar refractivity (Wildman–Crippen MR) is 168 cm³/mol. The van der Waals surface area contributed by atoms with Gasteiger partial charge in [0.2, 0.25) is 5.91 Å². The maximum atomic E-state index is 13.7. The highest BCUT2D eigenvalue weighted by Crippen LogP contribution is 2.37. The molecule has 1 aliphatic rings. The molecular formula is C32H43BN4O8. The van der Waals surface area contributed by atoms with Gasteiger partial charge >= 0.3 is 7.12 Å². The molecule has 1 aliphatic heterocycles. The molecule has 3 amide bonds. The Labute approximate surface area is 264 Å². The SMILES string of the molecule is CC(C)C[C@H](CC(=O)[C@@H](NC(=O)c1cccc(-c2ccccc2)n1)[C@@H](C)O)B1OC(=O)C[C@@](CC(=O)N(C)C)(C(=O)N(C)C)O1. The first-order valence-electron chi connectivity index (χ1n) is 15.0. The van der Waals surface area contributed by atoms with Crippen molar-refractivity contribution in [1.82, 2.24) is 20.1 Å². The van der Waals surface area contributed by atoms with Gasteiger partial charge in [0.1, 0.15) is 11.7 Å². The monoisotopic (exact) mass is 622 g/mol. The van der Waals surface area contributed by atoms with E-state index in [1.54, 1.807) is 12.1 Å². The number of aliphatic hydroxyl groups is 1. The van der Waals surface area contributed by atoms with Gasteiger partial charge < -0.3 is 29.5 Å². The predicted octanol–water partition coefficient (Wildman–Crippen LogP) is 2.36. The fraction of sp³-hybridized carbons (Fsp3) is 0.500. The van der Waals surface area contributed by atoms with Crippen LogP contribution in [0.1, 0.15) is 56.9 Å². The van der Waals surface area contributed by atoms with E-state index < -0.39 is 73.0 Å². The molecule has 0 radical (unpaired) electrons. The average molecular weight is 623 g/mol. The van der Waals surface area contributed by atoms with Gasteiger partial charge in [-0.3, -0.25) is 24.0 Å². The summed E-state index contributed by atoms with van der Waals surface area (Å²) in [6, 6.07) is 12.9. The molecule has 1 fully saturated rings. The van der Waals surface area contributed by atoms with Crippen LogP contribution in [0.2, 0.25) is 5.82 Å². The zero-order valence-electron chi connectivity index (χ0n) is 27.0. The van der Waals surface area contributed by atoms with Crippen LogP contribution in [-0.2, 0) is 28.5 Å². The molecule has 45 heavy (non-hydrogen) atoms. The van der Waals surface area contributed by atoms with Gasteiger partial charge in [0.05, 0.1) is 24.6 Å². The number of hydrogen-bond acceptors (Lipinski definition) is 9. The summed E-state index contributed by atoms with van der Waals surface area (Å²) in [5, 5.41) is 13.2. The Balaban J connectivity index is 1.86. The smallest absolute Gasteiger partial charge is 0.509 e. The average Bonchev–Trinajstić information content (AvgIpc) is 2.98. The maximum absolute atomic E-state index is 13.7. The fourth-order valence-electron chi connectivity index (χ4n) is 5.30. The number of rotatable bonds is 13. The first-order valence-corrected chi connectivity index (χ1v) is 15.0. The second-order valence-electron chi connectivity index (χ2n) is 12.3. The van der Waals surface area contributed by atoms with E-state index in [1.807, 2.05) is 44.2 Å².